The third-order valence-corrected chi connectivity index (χ3v) is 3.37. The van der Waals surface area contributed by atoms with Crippen LogP contribution in [0.1, 0.15) is 6.92 Å². The molecule has 6 atom stereocenters. The van der Waals surface area contributed by atoms with E-state index in [9.17, 15) is 25.2 Å². The van der Waals surface area contributed by atoms with Gasteiger partial charge in [0.1, 0.15) is 24.4 Å². The number of aliphatic hydroxyl groups excluding tert-OH is 4. The average Bonchev–Trinajstić information content (AvgIpc) is 2.44. The van der Waals surface area contributed by atoms with Gasteiger partial charge in [-0.1, -0.05) is 0 Å². The molecule has 9 nitrogen and oxygen atoms in total. The molecule has 0 spiro atoms. The largest absolute Gasteiger partial charge is 0.458 e. The lowest BCUT2D eigenvalue weighted by atomic mass is 9.99. The first-order chi connectivity index (χ1) is 9.77. The van der Waals surface area contributed by atoms with E-state index in [1.165, 1.54) is 6.08 Å². The van der Waals surface area contributed by atoms with Crippen LogP contribution in [0.4, 0.5) is 0 Å². The van der Waals surface area contributed by atoms with Crippen molar-refractivity contribution in [2.75, 3.05) is 13.2 Å². The molecule has 2 aliphatic rings. The molecule has 0 aromatic carbocycles. The van der Waals surface area contributed by atoms with Crippen LogP contribution in [0.3, 0.4) is 0 Å². The number of carbonyl (C=O) groups excluding carboxylic acids is 1. The summed E-state index contributed by atoms with van der Waals surface area (Å²) < 4.78 is 15.1. The van der Waals surface area contributed by atoms with E-state index in [-0.39, 0.29) is 12.4 Å². The molecule has 2 aliphatic heterocycles. The molecule has 1 unspecified atom stereocenters. The zero-order valence-electron chi connectivity index (χ0n) is 11.2. The Morgan fingerprint density at radius 3 is 2.62 bits per heavy atom. The summed E-state index contributed by atoms with van der Waals surface area (Å²) in [6.45, 7) is 0.434. The van der Waals surface area contributed by atoms with Gasteiger partial charge in [0.25, 0.3) is 5.78 Å². The number of rotatable bonds is 3. The molecule has 0 saturated carbocycles. The van der Waals surface area contributed by atoms with Crippen molar-refractivity contribution < 1.29 is 44.5 Å². The van der Waals surface area contributed by atoms with Crippen molar-refractivity contribution in [1.82, 2.24) is 0 Å². The van der Waals surface area contributed by atoms with Crippen LogP contribution in [0.25, 0.3) is 0 Å². The SMILES string of the molecule is CC1(O)OCC=C(O[C@@H]2O[C@H](CO)[C@H](O)[C@H](O)[C@H]2O)C1=O. The van der Waals surface area contributed by atoms with Crippen LogP contribution in [0, 0.1) is 0 Å². The lowest BCUT2D eigenvalue weighted by molar-refractivity contribution is -0.293. The summed E-state index contributed by atoms with van der Waals surface area (Å²) in [6.07, 6.45) is -6.16. The Kier molecular flexibility index (Phi) is 4.63. The van der Waals surface area contributed by atoms with Crippen LogP contribution in [-0.2, 0) is 19.0 Å². The van der Waals surface area contributed by atoms with E-state index in [2.05, 4.69) is 0 Å². The van der Waals surface area contributed by atoms with Gasteiger partial charge < -0.3 is 39.7 Å². The van der Waals surface area contributed by atoms with E-state index < -0.39 is 48.9 Å². The smallest absolute Gasteiger partial charge is 0.255 e. The highest BCUT2D eigenvalue weighted by atomic mass is 16.7. The van der Waals surface area contributed by atoms with Crippen LogP contribution in [0.15, 0.2) is 11.8 Å². The number of Topliss-reactive ketones (excluding diaryl/α,β-unsaturated/α-hetero) is 1. The van der Waals surface area contributed by atoms with Crippen LogP contribution in [0.5, 0.6) is 0 Å². The molecule has 1 saturated heterocycles. The summed E-state index contributed by atoms with van der Waals surface area (Å²) in [5.74, 6) is -3.22. The molecule has 2 rings (SSSR count). The first-order valence-corrected chi connectivity index (χ1v) is 6.36. The van der Waals surface area contributed by atoms with E-state index in [1.807, 2.05) is 0 Å². The Morgan fingerprint density at radius 1 is 1.33 bits per heavy atom. The first-order valence-electron chi connectivity index (χ1n) is 6.36. The Balaban J connectivity index is 2.11. The Labute approximate surface area is 120 Å². The van der Waals surface area contributed by atoms with Crippen molar-refractivity contribution in [1.29, 1.82) is 0 Å². The molecule has 0 aromatic rings. The Morgan fingerprint density at radius 2 is 2.00 bits per heavy atom. The highest BCUT2D eigenvalue weighted by Crippen LogP contribution is 2.27. The van der Waals surface area contributed by atoms with E-state index in [0.29, 0.717) is 0 Å². The standard InChI is InChI=1S/C12H18O9/c1-12(18)10(17)5(2-3-19-12)20-11-9(16)8(15)7(14)6(4-13)21-11/h2,6-9,11,13-16,18H,3-4H2,1H3/t6-,7+,8+,9-,11-,12?/m1/s1. The molecule has 0 aliphatic carbocycles. The molecular weight excluding hydrogens is 288 g/mol. The highest BCUT2D eigenvalue weighted by molar-refractivity contribution is 5.99. The summed E-state index contributed by atoms with van der Waals surface area (Å²) in [5.41, 5.74) is 0. The first kappa shape index (κ1) is 16.3. The predicted molar refractivity (Wildman–Crippen MR) is 64.5 cm³/mol. The lowest BCUT2D eigenvalue weighted by Crippen LogP contribution is -2.59. The fraction of sp³-hybridized carbons (Fsp3) is 0.750. The maximum Gasteiger partial charge on any atom is 0.255 e. The molecule has 120 valence electrons. The van der Waals surface area contributed by atoms with Crippen molar-refractivity contribution in [2.24, 2.45) is 0 Å². The van der Waals surface area contributed by atoms with Gasteiger partial charge in [-0.2, -0.15) is 0 Å². The molecule has 5 N–H and O–H groups in total. The minimum atomic E-state index is -2.06. The van der Waals surface area contributed by atoms with Gasteiger partial charge in [0.05, 0.1) is 13.2 Å². The number of aliphatic hydroxyl groups is 5. The molecule has 1 fully saturated rings. The van der Waals surface area contributed by atoms with Gasteiger partial charge in [0, 0.05) is 0 Å². The van der Waals surface area contributed by atoms with E-state index in [0.717, 1.165) is 6.92 Å². The topological polar surface area (TPSA) is 146 Å². The maximum atomic E-state index is 11.9. The number of carbonyl (C=O) groups is 1. The minimum Gasteiger partial charge on any atom is -0.458 e. The quantitative estimate of drug-likeness (QED) is 0.368. The zero-order valence-corrected chi connectivity index (χ0v) is 11.2. The third kappa shape index (κ3) is 3.09. The molecule has 2 heterocycles. The summed E-state index contributed by atoms with van der Waals surface area (Å²) in [6, 6.07) is 0. The second kappa shape index (κ2) is 5.97. The number of hydrogen-bond acceptors (Lipinski definition) is 9. The van der Waals surface area contributed by atoms with Crippen LogP contribution in [-0.4, -0.2) is 81.0 Å². The second-order valence-electron chi connectivity index (χ2n) is 5.01. The van der Waals surface area contributed by atoms with Crippen molar-refractivity contribution >= 4 is 5.78 Å². The van der Waals surface area contributed by atoms with Crippen LogP contribution >= 0.6 is 0 Å². The normalized spacial score (nSPS) is 44.4. The van der Waals surface area contributed by atoms with Gasteiger partial charge in [-0.25, -0.2) is 0 Å². The second-order valence-corrected chi connectivity index (χ2v) is 5.01. The van der Waals surface area contributed by atoms with Crippen molar-refractivity contribution in [2.45, 2.75) is 43.4 Å². The molecule has 21 heavy (non-hydrogen) atoms. The summed E-state index contributed by atoms with van der Waals surface area (Å²) in [7, 11) is 0. The minimum absolute atomic E-state index is 0.0918. The molecule has 0 radical (unpaired) electrons. The van der Waals surface area contributed by atoms with Crippen molar-refractivity contribution in [3.8, 4) is 0 Å². The van der Waals surface area contributed by atoms with Gasteiger partial charge in [0.15, 0.2) is 5.76 Å². The fourth-order valence-corrected chi connectivity index (χ4v) is 2.06. The third-order valence-electron chi connectivity index (χ3n) is 3.37. The molecular formula is C12H18O9. The molecule has 0 aromatic heterocycles. The van der Waals surface area contributed by atoms with Gasteiger partial charge in [0.2, 0.25) is 12.1 Å². The Bertz CT molecular complexity index is 430. The lowest BCUT2D eigenvalue weighted by Gasteiger charge is -2.40. The van der Waals surface area contributed by atoms with E-state index in [4.69, 9.17) is 19.3 Å². The maximum absolute atomic E-state index is 11.9. The Hall–Kier alpha value is -1.07. The fourth-order valence-electron chi connectivity index (χ4n) is 2.06. The van der Waals surface area contributed by atoms with E-state index in [1.54, 1.807) is 0 Å². The summed E-state index contributed by atoms with van der Waals surface area (Å²) in [5, 5.41) is 47.8. The van der Waals surface area contributed by atoms with Gasteiger partial charge in [-0.3, -0.25) is 4.79 Å². The summed E-state index contributed by atoms with van der Waals surface area (Å²) >= 11 is 0. The number of ketones is 1. The predicted octanol–water partition coefficient (Wildman–Crippen LogP) is -3.01. The van der Waals surface area contributed by atoms with Gasteiger partial charge in [-0.05, 0) is 13.0 Å². The van der Waals surface area contributed by atoms with Crippen molar-refractivity contribution in [3.05, 3.63) is 11.8 Å². The molecule has 0 bridgehead atoms. The number of ether oxygens (including phenoxy) is 3. The van der Waals surface area contributed by atoms with E-state index >= 15 is 0 Å². The van der Waals surface area contributed by atoms with Gasteiger partial charge >= 0.3 is 0 Å². The average molecular weight is 306 g/mol. The number of hydrogen-bond donors (Lipinski definition) is 5. The molecule has 0 amide bonds. The van der Waals surface area contributed by atoms with Gasteiger partial charge in [-0.15, -0.1) is 0 Å². The van der Waals surface area contributed by atoms with Crippen LogP contribution in [0.2, 0.25) is 0 Å². The zero-order chi connectivity index (χ0) is 15.8. The molecule has 9 heteroatoms. The van der Waals surface area contributed by atoms with Crippen molar-refractivity contribution in [3.63, 3.8) is 0 Å². The monoisotopic (exact) mass is 306 g/mol. The van der Waals surface area contributed by atoms with Crippen LogP contribution < -0.4 is 0 Å². The highest BCUT2D eigenvalue weighted by Gasteiger charge is 2.46. The summed E-state index contributed by atoms with van der Waals surface area (Å²) in [4.78, 5) is 11.9.